The Morgan fingerprint density at radius 3 is 1.66 bits per heavy atom. The summed E-state index contributed by atoms with van der Waals surface area (Å²) in [6.45, 7) is 12.7. The van der Waals surface area contributed by atoms with Gasteiger partial charge in [-0.05, 0) is 53.7 Å². The Bertz CT molecular complexity index is 1210. The Balaban J connectivity index is 0.000000226. The maximum atomic E-state index is 11.7. The molecule has 2 fully saturated rings. The standard InChI is InChI=1S/C14H18N2O5.C14H20N2O4/c1-14(2,3)21-13(19)16-7-10(8-16)20-9-4-5-15-11(6-9)12(17)18;1-14(2,3)20-13(18)16-7-12(8-16)19-11-4-5-15-10(6-11)9-17/h4-6,10H,7-8H2,1-3H3,(H,17,18);4-6,12,17H,7-9H2,1-3H3. The maximum Gasteiger partial charge on any atom is 0.410 e. The van der Waals surface area contributed by atoms with Gasteiger partial charge in [0.25, 0.3) is 0 Å². The van der Waals surface area contributed by atoms with E-state index >= 15 is 0 Å². The third-order valence-electron chi connectivity index (χ3n) is 5.51. The quantitative estimate of drug-likeness (QED) is 0.520. The largest absolute Gasteiger partial charge is 0.487 e. The summed E-state index contributed by atoms with van der Waals surface area (Å²) in [4.78, 5) is 45.1. The molecule has 0 saturated carbocycles. The summed E-state index contributed by atoms with van der Waals surface area (Å²) in [7, 11) is 0. The predicted molar refractivity (Wildman–Crippen MR) is 146 cm³/mol. The van der Waals surface area contributed by atoms with Crippen molar-refractivity contribution in [3.05, 3.63) is 48.0 Å². The minimum absolute atomic E-state index is 0.0449. The van der Waals surface area contributed by atoms with Crippen molar-refractivity contribution in [2.75, 3.05) is 26.2 Å². The van der Waals surface area contributed by atoms with Gasteiger partial charge in [0.1, 0.15) is 34.9 Å². The highest BCUT2D eigenvalue weighted by Gasteiger charge is 2.36. The van der Waals surface area contributed by atoms with Gasteiger partial charge in [0.15, 0.2) is 5.69 Å². The van der Waals surface area contributed by atoms with Crippen LogP contribution in [0.15, 0.2) is 36.7 Å². The molecule has 0 radical (unpaired) electrons. The minimum Gasteiger partial charge on any atom is -0.487 e. The van der Waals surface area contributed by atoms with E-state index in [1.54, 1.807) is 29.3 Å². The summed E-state index contributed by atoms with van der Waals surface area (Å²) in [5.74, 6) is -0.0291. The maximum absolute atomic E-state index is 11.7. The van der Waals surface area contributed by atoms with E-state index in [-0.39, 0.29) is 36.7 Å². The van der Waals surface area contributed by atoms with Gasteiger partial charge in [0, 0.05) is 24.5 Å². The van der Waals surface area contributed by atoms with Gasteiger partial charge in [-0.1, -0.05) is 0 Å². The molecule has 2 N–H and O–H groups in total. The fourth-order valence-electron chi connectivity index (χ4n) is 3.58. The molecule has 2 saturated heterocycles. The van der Waals surface area contributed by atoms with Crippen molar-refractivity contribution >= 4 is 18.2 Å². The van der Waals surface area contributed by atoms with E-state index in [0.29, 0.717) is 43.4 Å². The van der Waals surface area contributed by atoms with E-state index in [2.05, 4.69) is 9.97 Å². The van der Waals surface area contributed by atoms with Crippen LogP contribution in [-0.4, -0.2) is 97.7 Å². The van der Waals surface area contributed by atoms with E-state index in [1.807, 2.05) is 41.5 Å². The molecule has 2 amide bonds. The molecule has 0 spiro atoms. The van der Waals surface area contributed by atoms with Crippen molar-refractivity contribution in [3.63, 3.8) is 0 Å². The van der Waals surface area contributed by atoms with Gasteiger partial charge in [-0.15, -0.1) is 0 Å². The molecular formula is C28H38N4O9. The van der Waals surface area contributed by atoms with E-state index in [0.717, 1.165) is 0 Å². The topological polar surface area (TPSA) is 161 Å². The monoisotopic (exact) mass is 574 g/mol. The summed E-state index contributed by atoms with van der Waals surface area (Å²) >= 11 is 0. The summed E-state index contributed by atoms with van der Waals surface area (Å²) in [6.07, 6.45) is 2.07. The Hall–Kier alpha value is -4.13. The molecule has 2 aromatic rings. The number of hydrogen-bond acceptors (Lipinski definition) is 10. The normalized spacial score (nSPS) is 15.5. The van der Waals surface area contributed by atoms with Crippen LogP contribution in [-0.2, 0) is 16.1 Å². The number of aliphatic hydroxyl groups is 1. The first-order valence-corrected chi connectivity index (χ1v) is 13.2. The molecule has 41 heavy (non-hydrogen) atoms. The van der Waals surface area contributed by atoms with Crippen molar-refractivity contribution < 1.29 is 43.5 Å². The number of ether oxygens (including phenoxy) is 4. The lowest BCUT2D eigenvalue weighted by Crippen LogP contribution is -2.57. The number of amides is 2. The number of rotatable bonds is 6. The number of carbonyl (C=O) groups excluding carboxylic acids is 2. The highest BCUT2D eigenvalue weighted by molar-refractivity contribution is 5.85. The van der Waals surface area contributed by atoms with E-state index in [9.17, 15) is 14.4 Å². The van der Waals surface area contributed by atoms with Crippen LogP contribution in [0.3, 0.4) is 0 Å². The van der Waals surface area contributed by atoms with Crippen LogP contribution >= 0.6 is 0 Å². The molecule has 2 aliphatic heterocycles. The van der Waals surface area contributed by atoms with Gasteiger partial charge in [-0.2, -0.15) is 0 Å². The molecular weight excluding hydrogens is 536 g/mol. The average Bonchev–Trinajstić information content (AvgIpc) is 2.81. The molecule has 13 nitrogen and oxygen atoms in total. The molecule has 2 aliphatic rings. The Kier molecular flexibility index (Phi) is 9.97. The second kappa shape index (κ2) is 13.0. The van der Waals surface area contributed by atoms with Crippen molar-refractivity contribution in [1.29, 1.82) is 0 Å². The van der Waals surface area contributed by atoms with Crippen molar-refractivity contribution in [2.24, 2.45) is 0 Å². The molecule has 0 atom stereocenters. The third-order valence-corrected chi connectivity index (χ3v) is 5.51. The summed E-state index contributed by atoms with van der Waals surface area (Å²) in [5.41, 5.74) is -0.518. The number of pyridine rings is 2. The number of likely N-dealkylation sites (tertiary alicyclic amines) is 2. The molecule has 4 rings (SSSR count). The Morgan fingerprint density at radius 2 is 1.24 bits per heavy atom. The van der Waals surface area contributed by atoms with E-state index in [4.69, 9.17) is 29.2 Å². The Morgan fingerprint density at radius 1 is 0.805 bits per heavy atom. The SMILES string of the molecule is CC(C)(C)OC(=O)N1CC(Oc2ccnc(C(=O)O)c2)C1.CC(C)(C)OC(=O)N1CC(Oc2ccnc(CO)c2)C1. The van der Waals surface area contributed by atoms with Gasteiger partial charge in [0.2, 0.25) is 0 Å². The first kappa shape index (κ1) is 31.4. The summed E-state index contributed by atoms with van der Waals surface area (Å²) in [5, 5.41) is 17.9. The summed E-state index contributed by atoms with van der Waals surface area (Å²) in [6, 6.07) is 6.37. The average molecular weight is 575 g/mol. The molecule has 4 heterocycles. The number of aromatic carboxylic acids is 1. The van der Waals surface area contributed by atoms with Gasteiger partial charge in [-0.3, -0.25) is 4.98 Å². The first-order chi connectivity index (χ1) is 19.1. The first-order valence-electron chi connectivity index (χ1n) is 13.2. The number of aliphatic hydroxyl groups excluding tert-OH is 1. The molecule has 0 unspecified atom stereocenters. The smallest absolute Gasteiger partial charge is 0.410 e. The van der Waals surface area contributed by atoms with Crippen molar-refractivity contribution in [3.8, 4) is 11.5 Å². The molecule has 0 bridgehead atoms. The summed E-state index contributed by atoms with van der Waals surface area (Å²) < 4.78 is 21.8. The van der Waals surface area contributed by atoms with Gasteiger partial charge in [0.05, 0.1) is 38.5 Å². The highest BCUT2D eigenvalue weighted by atomic mass is 16.6. The number of nitrogens with zero attached hydrogens (tertiary/aromatic N) is 4. The van der Waals surface area contributed by atoms with Crippen molar-refractivity contribution in [2.45, 2.75) is 71.6 Å². The zero-order chi connectivity index (χ0) is 30.4. The zero-order valence-corrected chi connectivity index (χ0v) is 24.2. The van der Waals surface area contributed by atoms with Gasteiger partial charge >= 0.3 is 18.2 Å². The molecule has 13 heteroatoms. The van der Waals surface area contributed by atoms with Crippen LogP contribution in [0.1, 0.15) is 57.7 Å². The molecule has 2 aromatic heterocycles. The lowest BCUT2D eigenvalue weighted by molar-refractivity contribution is -0.0225. The predicted octanol–water partition coefficient (Wildman–Crippen LogP) is 3.35. The van der Waals surface area contributed by atoms with Crippen LogP contribution in [0, 0.1) is 0 Å². The lowest BCUT2D eigenvalue weighted by atomic mass is 10.1. The third kappa shape index (κ3) is 10.1. The minimum atomic E-state index is -1.11. The second-order valence-corrected chi connectivity index (χ2v) is 11.6. The second-order valence-electron chi connectivity index (χ2n) is 11.6. The molecule has 224 valence electrons. The molecule has 0 aromatic carbocycles. The van der Waals surface area contributed by atoms with Crippen molar-refractivity contribution in [1.82, 2.24) is 19.8 Å². The Labute approximate surface area is 239 Å². The van der Waals surface area contributed by atoms with Crippen LogP contribution in [0.5, 0.6) is 11.5 Å². The van der Waals surface area contributed by atoms with Gasteiger partial charge in [-0.25, -0.2) is 19.4 Å². The highest BCUT2D eigenvalue weighted by Crippen LogP contribution is 2.22. The zero-order valence-electron chi connectivity index (χ0n) is 24.2. The van der Waals surface area contributed by atoms with Crippen LogP contribution in [0.4, 0.5) is 9.59 Å². The fourth-order valence-corrected chi connectivity index (χ4v) is 3.58. The number of carboxylic acids is 1. The number of aromatic nitrogens is 2. The number of carbonyl (C=O) groups is 3. The van der Waals surface area contributed by atoms with Gasteiger partial charge < -0.3 is 39.0 Å². The van der Waals surface area contributed by atoms with E-state index in [1.165, 1.54) is 17.2 Å². The lowest BCUT2D eigenvalue weighted by Gasteiger charge is -2.39. The van der Waals surface area contributed by atoms with Crippen LogP contribution in [0.25, 0.3) is 0 Å². The van der Waals surface area contributed by atoms with Crippen LogP contribution < -0.4 is 9.47 Å². The fraction of sp³-hybridized carbons (Fsp3) is 0.536. The number of carboxylic acid groups (broad SMARTS) is 1. The number of hydrogen-bond donors (Lipinski definition) is 2. The van der Waals surface area contributed by atoms with E-state index < -0.39 is 17.2 Å². The molecule has 0 aliphatic carbocycles. The van der Waals surface area contributed by atoms with Crippen LogP contribution in [0.2, 0.25) is 0 Å².